The van der Waals surface area contributed by atoms with E-state index in [4.69, 9.17) is 14.2 Å². The molecule has 1 saturated carbocycles. The second-order valence-electron chi connectivity index (χ2n) is 5.05. The highest BCUT2D eigenvalue weighted by Crippen LogP contribution is 2.23. The van der Waals surface area contributed by atoms with Gasteiger partial charge in [-0.1, -0.05) is 0 Å². The van der Waals surface area contributed by atoms with Gasteiger partial charge in [-0.05, 0) is 33.6 Å². The van der Waals surface area contributed by atoms with Crippen molar-refractivity contribution >= 4 is 5.97 Å². The molecule has 0 aliphatic heterocycles. The van der Waals surface area contributed by atoms with Gasteiger partial charge in [-0.2, -0.15) is 0 Å². The standard InChI is InChI=1S/C13H25NO4/c1-5-17-12(15)13(3,14-11-6-7-11)9-18-10(2)8-16-4/h10-11,14H,5-9H2,1-4H3. The van der Waals surface area contributed by atoms with E-state index in [1.807, 2.05) is 20.8 Å². The molecule has 2 unspecified atom stereocenters. The Morgan fingerprint density at radius 1 is 1.50 bits per heavy atom. The van der Waals surface area contributed by atoms with Crippen LogP contribution in [0.4, 0.5) is 0 Å². The van der Waals surface area contributed by atoms with Gasteiger partial charge in [0.05, 0.1) is 25.9 Å². The van der Waals surface area contributed by atoms with Crippen LogP contribution in [0.15, 0.2) is 0 Å². The number of carbonyl (C=O) groups excluding carboxylic acids is 1. The molecule has 5 nitrogen and oxygen atoms in total. The molecule has 106 valence electrons. The quantitative estimate of drug-likeness (QED) is 0.629. The van der Waals surface area contributed by atoms with Crippen LogP contribution in [0.1, 0.15) is 33.6 Å². The lowest BCUT2D eigenvalue weighted by molar-refractivity contribution is -0.154. The van der Waals surface area contributed by atoms with Gasteiger partial charge in [-0.15, -0.1) is 0 Å². The molecule has 1 aliphatic carbocycles. The Bertz CT molecular complexity index is 268. The molecule has 0 heterocycles. The first-order valence-corrected chi connectivity index (χ1v) is 6.57. The minimum absolute atomic E-state index is 0.0373. The van der Waals surface area contributed by atoms with Crippen LogP contribution in [0.2, 0.25) is 0 Å². The van der Waals surface area contributed by atoms with Crippen LogP contribution < -0.4 is 5.32 Å². The zero-order chi connectivity index (χ0) is 13.6. The van der Waals surface area contributed by atoms with Crippen LogP contribution in [0.3, 0.4) is 0 Å². The molecule has 5 heteroatoms. The zero-order valence-corrected chi connectivity index (χ0v) is 11.8. The van der Waals surface area contributed by atoms with Crippen LogP contribution in [0.5, 0.6) is 0 Å². The lowest BCUT2D eigenvalue weighted by atomic mass is 10.0. The molecule has 0 bridgehead atoms. The van der Waals surface area contributed by atoms with Gasteiger partial charge in [0, 0.05) is 13.2 Å². The normalized spacial score (nSPS) is 20.2. The monoisotopic (exact) mass is 259 g/mol. The Kier molecular flexibility index (Phi) is 6.05. The largest absolute Gasteiger partial charge is 0.465 e. The molecule has 0 aromatic carbocycles. The second kappa shape index (κ2) is 7.07. The molecular formula is C13H25NO4. The van der Waals surface area contributed by atoms with E-state index < -0.39 is 5.54 Å². The summed E-state index contributed by atoms with van der Waals surface area (Å²) in [6.45, 7) is 6.77. The number of nitrogens with one attached hydrogen (secondary N) is 1. The Hall–Kier alpha value is -0.650. The van der Waals surface area contributed by atoms with Crippen molar-refractivity contribution in [3.8, 4) is 0 Å². The fourth-order valence-electron chi connectivity index (χ4n) is 1.72. The third-order valence-corrected chi connectivity index (χ3v) is 2.88. The molecule has 0 spiro atoms. The van der Waals surface area contributed by atoms with Gasteiger partial charge >= 0.3 is 5.97 Å². The van der Waals surface area contributed by atoms with Gasteiger partial charge in [-0.25, -0.2) is 4.79 Å². The SMILES string of the molecule is CCOC(=O)C(C)(COC(C)COC)NC1CC1. The van der Waals surface area contributed by atoms with E-state index in [1.54, 1.807) is 7.11 Å². The van der Waals surface area contributed by atoms with Crippen molar-refractivity contribution in [2.75, 3.05) is 26.9 Å². The van der Waals surface area contributed by atoms with Crippen molar-refractivity contribution < 1.29 is 19.0 Å². The van der Waals surface area contributed by atoms with Crippen molar-refractivity contribution in [3.05, 3.63) is 0 Å². The number of hydrogen-bond acceptors (Lipinski definition) is 5. The molecule has 0 amide bonds. The van der Waals surface area contributed by atoms with E-state index in [1.165, 1.54) is 0 Å². The zero-order valence-electron chi connectivity index (χ0n) is 11.8. The summed E-state index contributed by atoms with van der Waals surface area (Å²) >= 11 is 0. The van der Waals surface area contributed by atoms with Crippen molar-refractivity contribution in [3.63, 3.8) is 0 Å². The highest BCUT2D eigenvalue weighted by Gasteiger charge is 2.40. The number of rotatable bonds is 9. The van der Waals surface area contributed by atoms with Crippen LogP contribution >= 0.6 is 0 Å². The maximum atomic E-state index is 12.0. The first-order valence-electron chi connectivity index (χ1n) is 6.57. The maximum absolute atomic E-state index is 12.0. The highest BCUT2D eigenvalue weighted by molar-refractivity contribution is 5.80. The summed E-state index contributed by atoms with van der Waals surface area (Å²) < 4.78 is 15.8. The van der Waals surface area contributed by atoms with Crippen LogP contribution in [0.25, 0.3) is 0 Å². The van der Waals surface area contributed by atoms with Gasteiger partial charge in [0.1, 0.15) is 5.54 Å². The van der Waals surface area contributed by atoms with Gasteiger partial charge < -0.3 is 14.2 Å². The van der Waals surface area contributed by atoms with Crippen molar-refractivity contribution in [1.29, 1.82) is 0 Å². The Morgan fingerprint density at radius 2 is 2.17 bits per heavy atom. The van der Waals surface area contributed by atoms with E-state index in [9.17, 15) is 4.79 Å². The van der Waals surface area contributed by atoms with Gasteiger partial charge in [0.25, 0.3) is 0 Å². The van der Waals surface area contributed by atoms with Crippen molar-refractivity contribution in [2.24, 2.45) is 0 Å². The number of ether oxygens (including phenoxy) is 3. The summed E-state index contributed by atoms with van der Waals surface area (Å²) in [4.78, 5) is 12.0. The smallest absolute Gasteiger partial charge is 0.328 e. The lowest BCUT2D eigenvalue weighted by Gasteiger charge is -2.29. The van der Waals surface area contributed by atoms with E-state index in [0.29, 0.717) is 25.9 Å². The third kappa shape index (κ3) is 4.92. The molecule has 2 atom stereocenters. The van der Waals surface area contributed by atoms with E-state index in [2.05, 4.69) is 5.32 Å². The molecule has 0 aromatic rings. The van der Waals surface area contributed by atoms with E-state index in [0.717, 1.165) is 12.8 Å². The second-order valence-corrected chi connectivity index (χ2v) is 5.05. The minimum Gasteiger partial charge on any atom is -0.465 e. The minimum atomic E-state index is -0.765. The summed E-state index contributed by atoms with van der Waals surface area (Å²) in [7, 11) is 1.63. The molecular weight excluding hydrogens is 234 g/mol. The van der Waals surface area contributed by atoms with Crippen molar-refractivity contribution in [1.82, 2.24) is 5.32 Å². The number of hydrogen-bond donors (Lipinski definition) is 1. The van der Waals surface area contributed by atoms with E-state index >= 15 is 0 Å². The van der Waals surface area contributed by atoms with Crippen LogP contribution in [-0.4, -0.2) is 50.6 Å². The van der Waals surface area contributed by atoms with Gasteiger partial charge in [-0.3, -0.25) is 5.32 Å². The molecule has 0 radical (unpaired) electrons. The fourth-order valence-corrected chi connectivity index (χ4v) is 1.72. The first kappa shape index (κ1) is 15.4. The fraction of sp³-hybridized carbons (Fsp3) is 0.923. The number of carbonyl (C=O) groups is 1. The molecule has 0 saturated heterocycles. The van der Waals surface area contributed by atoms with Gasteiger partial charge in [0.2, 0.25) is 0 Å². The Morgan fingerprint density at radius 3 is 2.67 bits per heavy atom. The Balaban J connectivity index is 2.50. The summed E-state index contributed by atoms with van der Waals surface area (Å²) in [6, 6.07) is 0.417. The average Bonchev–Trinajstić information content (AvgIpc) is 3.11. The third-order valence-electron chi connectivity index (χ3n) is 2.88. The predicted octanol–water partition coefficient (Wildman–Crippen LogP) is 1.11. The summed E-state index contributed by atoms with van der Waals surface area (Å²) in [5.74, 6) is -0.249. The number of methoxy groups -OCH3 is 1. The summed E-state index contributed by atoms with van der Waals surface area (Å²) in [6.07, 6.45) is 2.19. The lowest BCUT2D eigenvalue weighted by Crippen LogP contribution is -2.55. The first-order chi connectivity index (χ1) is 8.51. The molecule has 1 fully saturated rings. The maximum Gasteiger partial charge on any atom is 0.328 e. The van der Waals surface area contributed by atoms with Crippen molar-refractivity contribution in [2.45, 2.75) is 51.3 Å². The molecule has 18 heavy (non-hydrogen) atoms. The number of esters is 1. The predicted molar refractivity (Wildman–Crippen MR) is 68.5 cm³/mol. The Labute approximate surface area is 109 Å². The average molecular weight is 259 g/mol. The summed E-state index contributed by atoms with van der Waals surface area (Å²) in [5, 5.41) is 3.31. The molecule has 1 N–H and O–H groups in total. The van der Waals surface area contributed by atoms with Gasteiger partial charge in [0.15, 0.2) is 0 Å². The molecule has 0 aromatic heterocycles. The summed E-state index contributed by atoms with van der Waals surface area (Å²) in [5.41, 5.74) is -0.765. The van der Waals surface area contributed by atoms with Crippen LogP contribution in [0, 0.1) is 0 Å². The topological polar surface area (TPSA) is 56.8 Å². The molecule has 1 aliphatic rings. The van der Waals surface area contributed by atoms with Crippen LogP contribution in [-0.2, 0) is 19.0 Å². The highest BCUT2D eigenvalue weighted by atomic mass is 16.5. The van der Waals surface area contributed by atoms with E-state index in [-0.39, 0.29) is 12.1 Å². The molecule has 1 rings (SSSR count).